The van der Waals surface area contributed by atoms with Crippen molar-refractivity contribution >= 4 is 26.0 Å². The molecule has 156 valence electrons. The maximum atomic E-state index is 13.2. The number of aryl methyl sites for hydroxylation is 3. The van der Waals surface area contributed by atoms with Crippen LogP contribution in [-0.4, -0.2) is 22.6 Å². The van der Waals surface area contributed by atoms with Crippen LogP contribution >= 0.6 is 0 Å². The smallest absolute Gasteiger partial charge is 0.289 e. The molecule has 0 amide bonds. The lowest BCUT2D eigenvalue weighted by molar-refractivity contribution is 0.103. The van der Waals surface area contributed by atoms with Crippen molar-refractivity contribution in [2.75, 3.05) is 0 Å². The zero-order chi connectivity index (χ0) is 22.1. The Balaban J connectivity index is 2.08. The Hall–Kier alpha value is -2.81. The number of carbonyl (C=O) groups is 1. The number of hydrogen-bond acceptors (Lipinski definition) is 6. The second-order valence-electron chi connectivity index (χ2n) is 6.89. The van der Waals surface area contributed by atoms with Gasteiger partial charge in [-0.05, 0) is 56.2 Å². The molecule has 30 heavy (non-hydrogen) atoms. The molecule has 0 heterocycles. The van der Waals surface area contributed by atoms with Gasteiger partial charge in [-0.1, -0.05) is 48.0 Å². The Labute approximate surface area is 176 Å². The molecule has 0 bridgehead atoms. The predicted molar refractivity (Wildman–Crippen MR) is 112 cm³/mol. The van der Waals surface area contributed by atoms with Crippen molar-refractivity contribution in [1.29, 1.82) is 0 Å². The molecule has 3 aromatic rings. The van der Waals surface area contributed by atoms with Crippen molar-refractivity contribution < 1.29 is 25.3 Å². The molecule has 0 N–H and O–H groups in total. The molecule has 6 nitrogen and oxygen atoms in total. The van der Waals surface area contributed by atoms with E-state index in [0.717, 1.165) is 11.6 Å². The lowest BCUT2D eigenvalue weighted by Gasteiger charge is -2.13. The van der Waals surface area contributed by atoms with Crippen LogP contribution < -0.4 is 0 Å². The first kappa shape index (κ1) is 21.9. The largest absolute Gasteiger partial charge is 0.312 e. The lowest BCUT2D eigenvalue weighted by atomic mass is 9.93. The minimum atomic E-state index is -4.79. The second-order valence-corrected chi connectivity index (χ2v) is 10.2. The van der Waals surface area contributed by atoms with Crippen molar-refractivity contribution in [2.45, 2.75) is 30.6 Å². The zero-order valence-corrected chi connectivity index (χ0v) is 18.2. The van der Waals surface area contributed by atoms with Crippen LogP contribution in [0.25, 0.3) is 0 Å². The van der Waals surface area contributed by atoms with Gasteiger partial charge in [0.25, 0.3) is 0 Å². The van der Waals surface area contributed by atoms with Crippen LogP contribution in [0.2, 0.25) is 0 Å². The topological polar surface area (TPSA) is 94.6 Å². The van der Waals surface area contributed by atoms with E-state index < -0.39 is 30.9 Å². The maximum Gasteiger partial charge on any atom is 0.312 e. The van der Waals surface area contributed by atoms with E-state index in [0.29, 0.717) is 16.7 Å². The predicted octanol–water partition coefficient (Wildman–Crippen LogP) is 3.94. The summed E-state index contributed by atoms with van der Waals surface area (Å²) in [6, 6.07) is 16.0. The number of carbonyl (C=O) groups excluding carboxylic acids is 1. The molecule has 3 rings (SSSR count). The van der Waals surface area contributed by atoms with Gasteiger partial charge in [0.05, 0.1) is 4.90 Å². The summed E-state index contributed by atoms with van der Waals surface area (Å²) in [5.41, 5.74) is 2.58. The molecule has 0 fully saturated rings. The maximum absolute atomic E-state index is 13.2. The van der Waals surface area contributed by atoms with Gasteiger partial charge in [0.2, 0.25) is 0 Å². The van der Waals surface area contributed by atoms with Crippen LogP contribution in [0.3, 0.4) is 0 Å². The van der Waals surface area contributed by atoms with E-state index in [-0.39, 0.29) is 10.5 Å². The zero-order valence-electron chi connectivity index (χ0n) is 16.6. The standard InChI is InChI=1S/C22H20O6S2/c1-15-13-16(2)21(17(3)14-15)22(23)19-11-7-8-12-20(19)30(26,27)28-29(24,25)18-9-5-4-6-10-18/h4-14H,1-3H3. The fourth-order valence-electron chi connectivity index (χ4n) is 3.33. The quantitative estimate of drug-likeness (QED) is 0.535. The molecule has 0 atom stereocenters. The number of benzene rings is 3. The van der Waals surface area contributed by atoms with Gasteiger partial charge in [0.15, 0.2) is 5.78 Å². The van der Waals surface area contributed by atoms with Crippen LogP contribution in [0, 0.1) is 20.8 Å². The summed E-state index contributed by atoms with van der Waals surface area (Å²) in [6.07, 6.45) is 0. The Morgan fingerprint density at radius 2 is 1.27 bits per heavy atom. The van der Waals surface area contributed by atoms with Crippen molar-refractivity contribution in [1.82, 2.24) is 0 Å². The van der Waals surface area contributed by atoms with Crippen molar-refractivity contribution in [3.63, 3.8) is 0 Å². The van der Waals surface area contributed by atoms with Crippen LogP contribution in [0.5, 0.6) is 0 Å². The average molecular weight is 445 g/mol. The summed E-state index contributed by atoms with van der Waals surface area (Å²) >= 11 is 0. The summed E-state index contributed by atoms with van der Waals surface area (Å²) in [6.45, 7) is 5.43. The molecule has 8 heteroatoms. The molecule has 0 aliphatic rings. The molecule has 0 aromatic heterocycles. The van der Waals surface area contributed by atoms with Crippen molar-refractivity contribution in [3.05, 3.63) is 94.5 Å². The number of ketones is 1. The van der Waals surface area contributed by atoms with Crippen LogP contribution in [-0.2, 0) is 23.9 Å². The minimum absolute atomic E-state index is 0.157. The molecular formula is C22H20O6S2. The van der Waals surface area contributed by atoms with Crippen molar-refractivity contribution in [2.24, 2.45) is 0 Å². The van der Waals surface area contributed by atoms with Gasteiger partial charge < -0.3 is 0 Å². The van der Waals surface area contributed by atoms with Gasteiger partial charge in [-0.2, -0.15) is 16.8 Å². The molecule has 0 radical (unpaired) electrons. The van der Waals surface area contributed by atoms with E-state index >= 15 is 0 Å². The Bertz CT molecular complexity index is 1300. The molecule has 0 spiro atoms. The third-order valence-electron chi connectivity index (χ3n) is 4.52. The van der Waals surface area contributed by atoms with E-state index in [1.54, 1.807) is 19.9 Å². The Morgan fingerprint density at radius 3 is 1.87 bits per heavy atom. The second kappa shape index (κ2) is 8.14. The summed E-state index contributed by atoms with van der Waals surface area (Å²) in [7, 11) is -9.39. The highest BCUT2D eigenvalue weighted by molar-refractivity contribution is 8.00. The Kier molecular flexibility index (Phi) is 5.94. The molecule has 0 aliphatic heterocycles. The van der Waals surface area contributed by atoms with Gasteiger partial charge in [-0.15, -0.1) is 3.63 Å². The van der Waals surface area contributed by atoms with Gasteiger partial charge in [-0.25, -0.2) is 0 Å². The van der Waals surface area contributed by atoms with Crippen LogP contribution in [0.1, 0.15) is 32.6 Å². The summed E-state index contributed by atoms with van der Waals surface area (Å²) < 4.78 is 55.2. The number of hydrogen-bond donors (Lipinski definition) is 0. The van der Waals surface area contributed by atoms with E-state index in [2.05, 4.69) is 3.63 Å². The van der Waals surface area contributed by atoms with Crippen LogP contribution in [0.15, 0.2) is 76.5 Å². The summed E-state index contributed by atoms with van der Waals surface area (Å²) in [5.74, 6) is -0.523. The van der Waals surface area contributed by atoms with Gasteiger partial charge >= 0.3 is 20.2 Å². The first-order valence-electron chi connectivity index (χ1n) is 9.01. The van der Waals surface area contributed by atoms with E-state index in [1.807, 2.05) is 19.1 Å². The normalized spacial score (nSPS) is 12.0. The molecular weight excluding hydrogens is 424 g/mol. The average Bonchev–Trinajstić information content (AvgIpc) is 2.67. The van der Waals surface area contributed by atoms with Gasteiger partial charge in [0, 0.05) is 11.1 Å². The highest BCUT2D eigenvalue weighted by Gasteiger charge is 2.31. The van der Waals surface area contributed by atoms with E-state index in [4.69, 9.17) is 0 Å². The first-order chi connectivity index (χ1) is 14.0. The fraction of sp³-hybridized carbons (Fsp3) is 0.136. The molecule has 0 unspecified atom stereocenters. The summed E-state index contributed by atoms with van der Waals surface area (Å²) in [5, 5.41) is 0. The third kappa shape index (κ3) is 4.35. The molecule has 0 aliphatic carbocycles. The SMILES string of the molecule is Cc1cc(C)c(C(=O)c2ccccc2S(=O)(=O)OS(=O)(=O)c2ccccc2)c(C)c1. The van der Waals surface area contributed by atoms with E-state index in [9.17, 15) is 21.6 Å². The van der Waals surface area contributed by atoms with Crippen LogP contribution in [0.4, 0.5) is 0 Å². The lowest BCUT2D eigenvalue weighted by Crippen LogP contribution is -2.18. The Morgan fingerprint density at radius 1 is 0.733 bits per heavy atom. The monoisotopic (exact) mass is 444 g/mol. The number of rotatable bonds is 6. The third-order valence-corrected chi connectivity index (χ3v) is 7.69. The summed E-state index contributed by atoms with van der Waals surface area (Å²) in [4.78, 5) is 12.4. The van der Waals surface area contributed by atoms with Gasteiger partial charge in [-0.3, -0.25) is 4.79 Å². The molecule has 0 saturated carbocycles. The highest BCUT2D eigenvalue weighted by Crippen LogP contribution is 2.27. The first-order valence-corrected chi connectivity index (χ1v) is 11.8. The minimum Gasteiger partial charge on any atom is -0.289 e. The molecule has 3 aromatic carbocycles. The fourth-order valence-corrected chi connectivity index (χ4v) is 6.04. The highest BCUT2D eigenvalue weighted by atomic mass is 32.3. The van der Waals surface area contributed by atoms with Crippen molar-refractivity contribution in [3.8, 4) is 0 Å². The molecule has 0 saturated heterocycles. The van der Waals surface area contributed by atoms with Gasteiger partial charge in [0.1, 0.15) is 4.90 Å². The van der Waals surface area contributed by atoms with E-state index in [1.165, 1.54) is 42.5 Å².